The monoisotopic (exact) mass is 232 g/mol. The molecule has 3 heteroatoms. The topological polar surface area (TPSA) is 39.4 Å². The molecule has 0 radical (unpaired) electrons. The van der Waals surface area contributed by atoms with Crippen molar-refractivity contribution in [1.29, 1.82) is 0 Å². The number of Topliss-reactive ketones (excluding diaryl/α,β-unsaturated/α-hetero) is 1. The lowest BCUT2D eigenvalue weighted by Gasteiger charge is -2.07. The molecule has 0 N–H and O–H groups in total. The zero-order chi connectivity index (χ0) is 12.4. The minimum absolute atomic E-state index is 0.110. The highest BCUT2D eigenvalue weighted by molar-refractivity contribution is 6.00. The normalized spacial score (nSPS) is 12.9. The molecule has 1 atom stereocenters. The van der Waals surface area contributed by atoms with Crippen molar-refractivity contribution < 1.29 is 13.9 Å². The Morgan fingerprint density at radius 1 is 1.41 bits per heavy atom. The maximum atomic E-state index is 12.0. The number of rotatable bonds is 4. The molecule has 0 aliphatic heterocycles. The van der Waals surface area contributed by atoms with Gasteiger partial charge in [0.05, 0.1) is 0 Å². The van der Waals surface area contributed by atoms with Gasteiger partial charge in [0.2, 0.25) is 5.78 Å². The van der Waals surface area contributed by atoms with Crippen LogP contribution in [-0.2, 0) is 4.74 Å². The predicted octanol–water partition coefficient (Wildman–Crippen LogP) is 3.35. The van der Waals surface area contributed by atoms with Gasteiger partial charge in [0.25, 0.3) is 0 Å². The number of hydrogen-bond acceptors (Lipinski definition) is 3. The molecule has 3 nitrogen and oxygen atoms in total. The van der Waals surface area contributed by atoms with Crippen molar-refractivity contribution in [3.63, 3.8) is 0 Å². The number of benzene rings is 1. The molecule has 0 fully saturated rings. The van der Waals surface area contributed by atoms with Gasteiger partial charge in [0.1, 0.15) is 11.7 Å². The van der Waals surface area contributed by atoms with Crippen LogP contribution >= 0.6 is 0 Å². The van der Waals surface area contributed by atoms with Gasteiger partial charge in [-0.25, -0.2) is 0 Å². The summed E-state index contributed by atoms with van der Waals surface area (Å²) in [6.45, 7) is 6.14. The number of carbonyl (C=O) groups is 1. The third-order valence-corrected chi connectivity index (χ3v) is 2.70. The average molecular weight is 232 g/mol. The number of furan rings is 1. The summed E-state index contributed by atoms with van der Waals surface area (Å²) < 4.78 is 10.8. The smallest absolute Gasteiger partial charge is 0.226 e. The van der Waals surface area contributed by atoms with E-state index < -0.39 is 6.10 Å². The molecule has 2 aromatic rings. The second kappa shape index (κ2) is 4.72. The molecule has 0 saturated carbocycles. The maximum absolute atomic E-state index is 12.0. The quantitative estimate of drug-likeness (QED) is 0.759. The van der Waals surface area contributed by atoms with Crippen LogP contribution in [0.25, 0.3) is 11.0 Å². The summed E-state index contributed by atoms with van der Waals surface area (Å²) in [7, 11) is 0. The first-order valence-corrected chi connectivity index (χ1v) is 5.78. The fraction of sp³-hybridized carbons (Fsp3) is 0.357. The second-order valence-electron chi connectivity index (χ2n) is 4.11. The van der Waals surface area contributed by atoms with Crippen LogP contribution < -0.4 is 0 Å². The number of aryl methyl sites for hydroxylation is 1. The molecule has 0 bridgehead atoms. The summed E-state index contributed by atoms with van der Waals surface area (Å²) in [4.78, 5) is 12.0. The minimum atomic E-state index is -0.457. The van der Waals surface area contributed by atoms with Crippen LogP contribution in [0.1, 0.15) is 30.0 Å². The van der Waals surface area contributed by atoms with Gasteiger partial charge in [-0.1, -0.05) is 11.6 Å². The number of ketones is 1. The molecule has 1 aromatic carbocycles. The lowest BCUT2D eigenvalue weighted by atomic mass is 10.1. The third-order valence-electron chi connectivity index (χ3n) is 2.70. The molecule has 1 heterocycles. The first-order chi connectivity index (χ1) is 8.11. The molecule has 0 spiro atoms. The van der Waals surface area contributed by atoms with Gasteiger partial charge in [0, 0.05) is 12.0 Å². The number of fused-ring (bicyclic) bond motifs is 1. The molecular weight excluding hydrogens is 216 g/mol. The van der Waals surface area contributed by atoms with E-state index in [0.29, 0.717) is 12.4 Å². The molecule has 1 unspecified atom stereocenters. The summed E-state index contributed by atoms with van der Waals surface area (Å²) in [5, 5.41) is 0.956. The van der Waals surface area contributed by atoms with Crippen molar-refractivity contribution in [3.8, 4) is 0 Å². The molecule has 90 valence electrons. The minimum Gasteiger partial charge on any atom is -0.453 e. The van der Waals surface area contributed by atoms with Gasteiger partial charge in [0.15, 0.2) is 5.76 Å². The second-order valence-corrected chi connectivity index (χ2v) is 4.11. The Morgan fingerprint density at radius 2 is 2.18 bits per heavy atom. The molecule has 1 aromatic heterocycles. The summed E-state index contributed by atoms with van der Waals surface area (Å²) in [5.74, 6) is 0.257. The molecule has 0 aliphatic rings. The summed E-state index contributed by atoms with van der Waals surface area (Å²) >= 11 is 0. The SMILES string of the molecule is CCOC(C)C(=O)c1cc2cc(C)ccc2o1. The first-order valence-electron chi connectivity index (χ1n) is 5.78. The predicted molar refractivity (Wildman–Crippen MR) is 66.4 cm³/mol. The van der Waals surface area contributed by atoms with Gasteiger partial charge < -0.3 is 9.15 Å². The Bertz CT molecular complexity index is 539. The van der Waals surface area contributed by atoms with E-state index in [4.69, 9.17) is 9.15 Å². The van der Waals surface area contributed by atoms with Crippen LogP contribution in [0.3, 0.4) is 0 Å². The molecule has 0 aliphatic carbocycles. The van der Waals surface area contributed by atoms with Crippen LogP contribution in [0.2, 0.25) is 0 Å². The van der Waals surface area contributed by atoms with Crippen molar-refractivity contribution in [2.24, 2.45) is 0 Å². The highest BCUT2D eigenvalue weighted by atomic mass is 16.5. The van der Waals surface area contributed by atoms with Crippen molar-refractivity contribution in [2.45, 2.75) is 26.9 Å². The van der Waals surface area contributed by atoms with Crippen LogP contribution in [0, 0.1) is 6.92 Å². The largest absolute Gasteiger partial charge is 0.453 e. The first kappa shape index (κ1) is 11.9. The fourth-order valence-corrected chi connectivity index (χ4v) is 1.81. The lowest BCUT2D eigenvalue weighted by molar-refractivity contribution is 0.0497. The molecule has 2 rings (SSSR count). The Balaban J connectivity index is 2.33. The zero-order valence-electron chi connectivity index (χ0n) is 10.3. The van der Waals surface area contributed by atoms with Gasteiger partial charge >= 0.3 is 0 Å². The van der Waals surface area contributed by atoms with Crippen molar-refractivity contribution in [1.82, 2.24) is 0 Å². The van der Waals surface area contributed by atoms with E-state index in [1.807, 2.05) is 32.0 Å². The van der Waals surface area contributed by atoms with Gasteiger partial charge in [-0.2, -0.15) is 0 Å². The Kier molecular flexibility index (Phi) is 3.29. The standard InChI is InChI=1S/C14H16O3/c1-4-16-10(3)14(15)13-8-11-7-9(2)5-6-12(11)17-13/h5-8,10H,4H2,1-3H3. The van der Waals surface area contributed by atoms with Crippen LogP contribution in [0.4, 0.5) is 0 Å². The summed E-state index contributed by atoms with van der Waals surface area (Å²) in [6, 6.07) is 7.62. The Labute approximate surface area is 100 Å². The average Bonchev–Trinajstić information content (AvgIpc) is 2.71. The van der Waals surface area contributed by atoms with Crippen molar-refractivity contribution in [3.05, 3.63) is 35.6 Å². The van der Waals surface area contributed by atoms with Crippen LogP contribution in [-0.4, -0.2) is 18.5 Å². The van der Waals surface area contributed by atoms with E-state index in [0.717, 1.165) is 16.5 Å². The summed E-state index contributed by atoms with van der Waals surface area (Å²) in [6.07, 6.45) is -0.457. The highest BCUT2D eigenvalue weighted by Crippen LogP contribution is 2.21. The van der Waals surface area contributed by atoms with E-state index in [-0.39, 0.29) is 5.78 Å². The Morgan fingerprint density at radius 3 is 2.88 bits per heavy atom. The van der Waals surface area contributed by atoms with Crippen LogP contribution in [0.15, 0.2) is 28.7 Å². The molecule has 17 heavy (non-hydrogen) atoms. The molecular formula is C14H16O3. The van der Waals surface area contributed by atoms with Gasteiger partial charge in [-0.3, -0.25) is 4.79 Å². The lowest BCUT2D eigenvalue weighted by Crippen LogP contribution is -2.20. The van der Waals surface area contributed by atoms with E-state index in [1.54, 1.807) is 13.0 Å². The fourth-order valence-electron chi connectivity index (χ4n) is 1.81. The van der Waals surface area contributed by atoms with Gasteiger partial charge in [-0.15, -0.1) is 0 Å². The van der Waals surface area contributed by atoms with Gasteiger partial charge in [-0.05, 0) is 39.0 Å². The highest BCUT2D eigenvalue weighted by Gasteiger charge is 2.19. The maximum Gasteiger partial charge on any atom is 0.226 e. The van der Waals surface area contributed by atoms with Crippen LogP contribution in [0.5, 0.6) is 0 Å². The van der Waals surface area contributed by atoms with E-state index in [9.17, 15) is 4.79 Å². The van der Waals surface area contributed by atoms with E-state index in [1.165, 1.54) is 0 Å². The summed E-state index contributed by atoms with van der Waals surface area (Å²) in [5.41, 5.74) is 1.89. The zero-order valence-corrected chi connectivity index (χ0v) is 10.3. The number of carbonyl (C=O) groups excluding carboxylic acids is 1. The number of ether oxygens (including phenoxy) is 1. The number of hydrogen-bond donors (Lipinski definition) is 0. The molecule has 0 amide bonds. The van der Waals surface area contributed by atoms with E-state index >= 15 is 0 Å². The third kappa shape index (κ3) is 2.39. The Hall–Kier alpha value is -1.61. The molecule has 0 saturated heterocycles. The van der Waals surface area contributed by atoms with Crippen molar-refractivity contribution in [2.75, 3.05) is 6.61 Å². The van der Waals surface area contributed by atoms with Crippen molar-refractivity contribution >= 4 is 16.8 Å². The van der Waals surface area contributed by atoms with E-state index in [2.05, 4.69) is 0 Å².